The SMILES string of the molecule is O=C(COC(=O)c1nc(Cl)ccc1Cl)Nc1ccc(N2CCOCC2)cc1. The van der Waals surface area contributed by atoms with E-state index in [4.69, 9.17) is 32.7 Å². The van der Waals surface area contributed by atoms with Gasteiger partial charge in [0.2, 0.25) is 0 Å². The quantitative estimate of drug-likeness (QED) is 0.603. The molecule has 2 aromatic rings. The molecule has 1 amide bonds. The Morgan fingerprint density at radius 1 is 1.11 bits per heavy atom. The predicted octanol–water partition coefficient (Wildman–Crippen LogP) is 3.02. The molecule has 9 heteroatoms. The molecule has 1 fully saturated rings. The Hall–Kier alpha value is -2.35. The first-order valence-corrected chi connectivity index (χ1v) is 9.00. The fourth-order valence-corrected chi connectivity index (χ4v) is 2.87. The molecule has 0 bridgehead atoms. The lowest BCUT2D eigenvalue weighted by Crippen LogP contribution is -2.36. The van der Waals surface area contributed by atoms with Crippen molar-refractivity contribution in [3.05, 3.63) is 52.3 Å². The normalized spacial score (nSPS) is 13.9. The summed E-state index contributed by atoms with van der Waals surface area (Å²) < 4.78 is 10.3. The van der Waals surface area contributed by atoms with Gasteiger partial charge >= 0.3 is 5.97 Å². The summed E-state index contributed by atoms with van der Waals surface area (Å²) in [5.74, 6) is -1.29. The van der Waals surface area contributed by atoms with Gasteiger partial charge in [0, 0.05) is 24.5 Å². The zero-order valence-corrected chi connectivity index (χ0v) is 15.8. The van der Waals surface area contributed by atoms with E-state index in [1.54, 1.807) is 12.1 Å². The fourth-order valence-electron chi connectivity index (χ4n) is 2.54. The number of esters is 1. The van der Waals surface area contributed by atoms with E-state index in [9.17, 15) is 9.59 Å². The van der Waals surface area contributed by atoms with E-state index in [1.165, 1.54) is 12.1 Å². The van der Waals surface area contributed by atoms with Gasteiger partial charge in [-0.05, 0) is 36.4 Å². The third-order valence-corrected chi connectivity index (χ3v) is 4.38. The molecule has 1 aliphatic rings. The fraction of sp³-hybridized carbons (Fsp3) is 0.278. The molecule has 7 nitrogen and oxygen atoms in total. The zero-order valence-electron chi connectivity index (χ0n) is 14.3. The van der Waals surface area contributed by atoms with Crippen molar-refractivity contribution in [2.24, 2.45) is 0 Å². The molecule has 0 saturated carbocycles. The molecule has 0 atom stereocenters. The van der Waals surface area contributed by atoms with Crippen molar-refractivity contribution in [3.63, 3.8) is 0 Å². The summed E-state index contributed by atoms with van der Waals surface area (Å²) >= 11 is 11.6. The van der Waals surface area contributed by atoms with Crippen LogP contribution in [0.4, 0.5) is 11.4 Å². The minimum atomic E-state index is -0.819. The molecule has 0 aliphatic carbocycles. The number of hydrogen-bond acceptors (Lipinski definition) is 6. The molecule has 0 spiro atoms. The van der Waals surface area contributed by atoms with Crippen molar-refractivity contribution in [2.45, 2.75) is 0 Å². The van der Waals surface area contributed by atoms with Crippen molar-refractivity contribution in [2.75, 3.05) is 43.1 Å². The maximum atomic E-state index is 12.0. The molecular formula is C18H17Cl2N3O4. The van der Waals surface area contributed by atoms with Crippen LogP contribution in [0, 0.1) is 0 Å². The van der Waals surface area contributed by atoms with Crippen molar-refractivity contribution < 1.29 is 19.1 Å². The number of aromatic nitrogens is 1. The summed E-state index contributed by atoms with van der Waals surface area (Å²) in [6, 6.07) is 10.3. The first kappa shape index (κ1) is 19.4. The number of rotatable bonds is 5. The van der Waals surface area contributed by atoms with Crippen molar-refractivity contribution in [3.8, 4) is 0 Å². The molecule has 1 aromatic heterocycles. The Kier molecular flexibility index (Phi) is 6.49. The van der Waals surface area contributed by atoms with Gasteiger partial charge < -0.3 is 19.7 Å². The van der Waals surface area contributed by atoms with Gasteiger partial charge in [0.15, 0.2) is 12.3 Å². The number of pyridine rings is 1. The zero-order chi connectivity index (χ0) is 19.2. The highest BCUT2D eigenvalue weighted by atomic mass is 35.5. The van der Waals surface area contributed by atoms with Crippen molar-refractivity contribution in [1.82, 2.24) is 4.98 Å². The molecule has 1 aromatic carbocycles. The molecule has 0 unspecified atom stereocenters. The van der Waals surface area contributed by atoms with Crippen LogP contribution < -0.4 is 10.2 Å². The number of hydrogen-bond donors (Lipinski definition) is 1. The number of nitrogens with one attached hydrogen (secondary N) is 1. The average molecular weight is 410 g/mol. The van der Waals surface area contributed by atoms with Crippen LogP contribution in [0.3, 0.4) is 0 Å². The van der Waals surface area contributed by atoms with Crippen molar-refractivity contribution in [1.29, 1.82) is 0 Å². The van der Waals surface area contributed by atoms with E-state index < -0.39 is 18.5 Å². The largest absolute Gasteiger partial charge is 0.451 e. The van der Waals surface area contributed by atoms with Gasteiger partial charge in [0.25, 0.3) is 5.91 Å². The minimum absolute atomic E-state index is 0.100. The topological polar surface area (TPSA) is 80.8 Å². The molecule has 0 radical (unpaired) electrons. The molecule has 3 rings (SSSR count). The van der Waals surface area contributed by atoms with Crippen molar-refractivity contribution >= 4 is 46.5 Å². The summed E-state index contributed by atoms with van der Waals surface area (Å²) in [7, 11) is 0. The number of anilines is 2. The highest BCUT2D eigenvalue weighted by Crippen LogP contribution is 2.20. The predicted molar refractivity (Wildman–Crippen MR) is 103 cm³/mol. The Morgan fingerprint density at radius 3 is 2.52 bits per heavy atom. The number of carbonyl (C=O) groups is 2. The number of halogens is 2. The standard InChI is InChI=1S/C18H17Cl2N3O4/c19-14-5-6-15(20)22-17(14)18(25)27-11-16(24)21-12-1-3-13(4-2-12)23-7-9-26-10-8-23/h1-6H,7-11H2,(H,21,24). The number of carbonyl (C=O) groups excluding carboxylic acids is 2. The van der Waals surface area contributed by atoms with Crippen LogP contribution in [0.1, 0.15) is 10.5 Å². The van der Waals surface area contributed by atoms with Crippen LogP contribution in [0.2, 0.25) is 10.2 Å². The second-order valence-corrected chi connectivity index (χ2v) is 6.53. The maximum absolute atomic E-state index is 12.0. The van der Waals surface area contributed by atoms with Crippen LogP contribution in [-0.4, -0.2) is 49.8 Å². The maximum Gasteiger partial charge on any atom is 0.359 e. The lowest BCUT2D eigenvalue weighted by molar-refractivity contribution is -0.119. The second-order valence-electron chi connectivity index (χ2n) is 5.74. The molecule has 27 heavy (non-hydrogen) atoms. The first-order chi connectivity index (χ1) is 13.0. The smallest absolute Gasteiger partial charge is 0.359 e. The monoisotopic (exact) mass is 409 g/mol. The Morgan fingerprint density at radius 2 is 1.81 bits per heavy atom. The highest BCUT2D eigenvalue weighted by molar-refractivity contribution is 6.34. The Bertz CT molecular complexity index is 824. The summed E-state index contributed by atoms with van der Waals surface area (Å²) in [6.07, 6.45) is 0. The summed E-state index contributed by atoms with van der Waals surface area (Å²) in [4.78, 5) is 30.0. The van der Waals surface area contributed by atoms with Gasteiger partial charge in [-0.15, -0.1) is 0 Å². The molecule has 1 aliphatic heterocycles. The highest BCUT2D eigenvalue weighted by Gasteiger charge is 2.16. The summed E-state index contributed by atoms with van der Waals surface area (Å²) in [6.45, 7) is 2.61. The van der Waals surface area contributed by atoms with Gasteiger partial charge in [0.1, 0.15) is 5.15 Å². The van der Waals surface area contributed by atoms with Crippen LogP contribution >= 0.6 is 23.2 Å². The lowest BCUT2D eigenvalue weighted by Gasteiger charge is -2.28. The molecule has 142 valence electrons. The van der Waals surface area contributed by atoms with E-state index >= 15 is 0 Å². The molecule has 1 N–H and O–H groups in total. The Balaban J connectivity index is 1.51. The Labute approximate surface area is 166 Å². The van der Waals surface area contributed by atoms with E-state index in [1.807, 2.05) is 12.1 Å². The number of ether oxygens (including phenoxy) is 2. The van der Waals surface area contributed by atoms with E-state index in [0.29, 0.717) is 18.9 Å². The molecule has 2 heterocycles. The molecular weight excluding hydrogens is 393 g/mol. The summed E-state index contributed by atoms with van der Waals surface area (Å²) in [5.41, 5.74) is 1.53. The van der Waals surface area contributed by atoms with Crippen LogP contribution in [-0.2, 0) is 14.3 Å². The van der Waals surface area contributed by atoms with Crippen LogP contribution in [0.25, 0.3) is 0 Å². The van der Waals surface area contributed by atoms with Crippen LogP contribution in [0.15, 0.2) is 36.4 Å². The first-order valence-electron chi connectivity index (χ1n) is 8.25. The van der Waals surface area contributed by atoms with E-state index in [0.717, 1.165) is 18.8 Å². The lowest BCUT2D eigenvalue weighted by atomic mass is 10.2. The number of nitrogens with zero attached hydrogens (tertiary/aromatic N) is 2. The number of amides is 1. The van der Waals surface area contributed by atoms with E-state index in [2.05, 4.69) is 15.2 Å². The third-order valence-electron chi connectivity index (χ3n) is 3.87. The van der Waals surface area contributed by atoms with Gasteiger partial charge in [-0.3, -0.25) is 4.79 Å². The summed E-state index contributed by atoms with van der Waals surface area (Å²) in [5, 5.41) is 2.87. The van der Waals surface area contributed by atoms with Gasteiger partial charge in [-0.25, -0.2) is 9.78 Å². The average Bonchev–Trinajstić information content (AvgIpc) is 2.69. The number of benzene rings is 1. The third kappa shape index (κ3) is 5.32. The van der Waals surface area contributed by atoms with Gasteiger partial charge in [-0.2, -0.15) is 0 Å². The second kappa shape index (κ2) is 9.03. The minimum Gasteiger partial charge on any atom is -0.451 e. The van der Waals surface area contributed by atoms with Crippen LogP contribution in [0.5, 0.6) is 0 Å². The van der Waals surface area contributed by atoms with E-state index in [-0.39, 0.29) is 15.9 Å². The van der Waals surface area contributed by atoms with Gasteiger partial charge in [0.05, 0.1) is 18.2 Å². The molecule has 1 saturated heterocycles. The van der Waals surface area contributed by atoms with Gasteiger partial charge in [-0.1, -0.05) is 23.2 Å². The number of morpholine rings is 1.